The van der Waals surface area contributed by atoms with Gasteiger partial charge in [0.05, 0.1) is 0 Å². The van der Waals surface area contributed by atoms with Crippen molar-refractivity contribution in [3.05, 3.63) is 69.8 Å². The molecule has 0 heterocycles. The zero-order valence-corrected chi connectivity index (χ0v) is 13.3. The third kappa shape index (κ3) is 3.03. The van der Waals surface area contributed by atoms with Gasteiger partial charge in [-0.05, 0) is 73.9 Å². The van der Waals surface area contributed by atoms with E-state index < -0.39 is 0 Å². The highest BCUT2D eigenvalue weighted by Gasteiger charge is 2.34. The Kier molecular flexibility index (Phi) is 3.60. The van der Waals surface area contributed by atoms with Crippen molar-refractivity contribution in [2.45, 2.75) is 40.0 Å². The zero-order valence-electron chi connectivity index (χ0n) is 13.3. The molecule has 2 unspecified atom stereocenters. The van der Waals surface area contributed by atoms with Crippen molar-refractivity contribution < 1.29 is 0 Å². The van der Waals surface area contributed by atoms with Gasteiger partial charge < -0.3 is 0 Å². The summed E-state index contributed by atoms with van der Waals surface area (Å²) in [5, 5.41) is 0. The average Bonchev–Trinajstić information content (AvgIpc) is 3.14. The molecule has 0 radical (unpaired) electrons. The summed E-state index contributed by atoms with van der Waals surface area (Å²) in [6.07, 6.45) is 1.34. The van der Waals surface area contributed by atoms with Gasteiger partial charge in [-0.2, -0.15) is 0 Å². The Morgan fingerprint density at radius 1 is 0.905 bits per heavy atom. The van der Waals surface area contributed by atoms with Crippen molar-refractivity contribution >= 4 is 0 Å². The van der Waals surface area contributed by atoms with Crippen LogP contribution in [0.25, 0.3) is 0 Å². The fourth-order valence-corrected chi connectivity index (χ4v) is 3.02. The van der Waals surface area contributed by atoms with Gasteiger partial charge in [0.1, 0.15) is 0 Å². The predicted octanol–water partition coefficient (Wildman–Crippen LogP) is 5.14. The third-order valence-corrected chi connectivity index (χ3v) is 4.50. The summed E-state index contributed by atoms with van der Waals surface area (Å²) in [5.74, 6) is 8.26. The minimum atomic E-state index is 0.784. The van der Waals surface area contributed by atoms with E-state index in [9.17, 15) is 0 Å². The van der Waals surface area contributed by atoms with Gasteiger partial charge in [0.25, 0.3) is 0 Å². The fraction of sp³-hybridized carbons (Fsp3) is 0.333. The molecule has 2 aromatic carbocycles. The second-order valence-corrected chi connectivity index (χ2v) is 6.46. The molecule has 0 amide bonds. The van der Waals surface area contributed by atoms with Crippen LogP contribution in [0.2, 0.25) is 0 Å². The molecule has 0 N–H and O–H groups in total. The van der Waals surface area contributed by atoms with Crippen LogP contribution in [0.4, 0.5) is 0 Å². The monoisotopic (exact) mass is 274 g/mol. The first-order valence-corrected chi connectivity index (χ1v) is 7.74. The van der Waals surface area contributed by atoms with Gasteiger partial charge >= 0.3 is 0 Å². The topological polar surface area (TPSA) is 0 Å². The van der Waals surface area contributed by atoms with Gasteiger partial charge in [-0.15, -0.1) is 0 Å². The Labute approximate surface area is 128 Å². The van der Waals surface area contributed by atoms with Gasteiger partial charge in [-0.3, -0.25) is 0 Å². The molecule has 0 nitrogen and oxygen atoms in total. The lowest BCUT2D eigenvalue weighted by atomic mass is 10.00. The quantitative estimate of drug-likeness (QED) is 0.632. The summed E-state index contributed by atoms with van der Waals surface area (Å²) < 4.78 is 0. The maximum absolute atomic E-state index is 3.31. The van der Waals surface area contributed by atoms with Crippen LogP contribution in [0.15, 0.2) is 36.4 Å². The van der Waals surface area contributed by atoms with Gasteiger partial charge in [0.2, 0.25) is 0 Å². The normalized spacial score (nSPS) is 19.8. The second-order valence-electron chi connectivity index (χ2n) is 6.46. The summed E-state index contributed by atoms with van der Waals surface area (Å²) >= 11 is 0. The summed E-state index contributed by atoms with van der Waals surface area (Å²) in [7, 11) is 0. The highest BCUT2D eigenvalue weighted by Crippen LogP contribution is 2.47. The van der Waals surface area contributed by atoms with Gasteiger partial charge in [0, 0.05) is 11.1 Å². The SMILES string of the molecule is Cc1ccc(C#Cc2ccc(C3CC3C)c(C)c2)c(C)c1. The minimum Gasteiger partial charge on any atom is -0.0619 e. The Balaban J connectivity index is 1.86. The molecule has 1 saturated carbocycles. The average molecular weight is 274 g/mol. The van der Waals surface area contributed by atoms with E-state index in [-0.39, 0.29) is 0 Å². The fourth-order valence-electron chi connectivity index (χ4n) is 3.02. The van der Waals surface area contributed by atoms with Crippen LogP contribution in [0.1, 0.15) is 52.6 Å². The molecule has 1 aliphatic rings. The molecule has 0 heteroatoms. The Morgan fingerprint density at radius 2 is 1.67 bits per heavy atom. The van der Waals surface area contributed by atoms with Crippen LogP contribution in [0.3, 0.4) is 0 Å². The molecule has 2 aromatic rings. The summed E-state index contributed by atoms with van der Waals surface area (Å²) in [6.45, 7) is 8.78. The standard InChI is InChI=1S/C21H22/c1-14-5-8-19(15(2)11-14)9-6-18-7-10-20(16(3)12-18)21-13-17(21)4/h5,7-8,10-12,17,21H,13H2,1-4H3. The highest BCUT2D eigenvalue weighted by molar-refractivity contribution is 5.49. The van der Waals surface area contributed by atoms with Crippen molar-refractivity contribution in [1.29, 1.82) is 0 Å². The second kappa shape index (κ2) is 5.41. The van der Waals surface area contributed by atoms with Crippen molar-refractivity contribution in [3.63, 3.8) is 0 Å². The van der Waals surface area contributed by atoms with E-state index in [1.807, 2.05) is 0 Å². The lowest BCUT2D eigenvalue weighted by Gasteiger charge is -2.05. The van der Waals surface area contributed by atoms with E-state index in [1.54, 1.807) is 0 Å². The van der Waals surface area contributed by atoms with E-state index in [1.165, 1.54) is 28.7 Å². The van der Waals surface area contributed by atoms with Crippen molar-refractivity contribution in [2.24, 2.45) is 5.92 Å². The first-order valence-electron chi connectivity index (χ1n) is 7.74. The van der Waals surface area contributed by atoms with E-state index in [4.69, 9.17) is 0 Å². The van der Waals surface area contributed by atoms with Crippen molar-refractivity contribution in [2.75, 3.05) is 0 Å². The molecule has 3 rings (SSSR count). The predicted molar refractivity (Wildman–Crippen MR) is 89.6 cm³/mol. The molecule has 0 aromatic heterocycles. The molecule has 0 aliphatic heterocycles. The number of rotatable bonds is 1. The first-order chi connectivity index (χ1) is 10.0. The minimum absolute atomic E-state index is 0.784. The number of benzene rings is 2. The van der Waals surface area contributed by atoms with E-state index >= 15 is 0 Å². The molecule has 0 spiro atoms. The largest absolute Gasteiger partial charge is 0.0619 e. The molecule has 1 aliphatic carbocycles. The molecule has 2 atom stereocenters. The maximum Gasteiger partial charge on any atom is 0.0278 e. The van der Waals surface area contributed by atoms with Gasteiger partial charge in [-0.25, -0.2) is 0 Å². The first kappa shape index (κ1) is 14.0. The number of hydrogen-bond acceptors (Lipinski definition) is 0. The van der Waals surface area contributed by atoms with E-state index in [2.05, 4.69) is 75.9 Å². The van der Waals surface area contributed by atoms with E-state index in [0.717, 1.165) is 23.0 Å². The Bertz CT molecular complexity index is 740. The molecule has 0 bridgehead atoms. The highest BCUT2D eigenvalue weighted by atomic mass is 14.4. The van der Waals surface area contributed by atoms with Gasteiger partial charge in [-0.1, -0.05) is 42.5 Å². The van der Waals surface area contributed by atoms with E-state index in [0.29, 0.717) is 0 Å². The van der Waals surface area contributed by atoms with Crippen LogP contribution >= 0.6 is 0 Å². The van der Waals surface area contributed by atoms with Crippen LogP contribution < -0.4 is 0 Å². The number of aryl methyl sites for hydroxylation is 3. The van der Waals surface area contributed by atoms with Crippen LogP contribution in [-0.2, 0) is 0 Å². The number of hydrogen-bond donors (Lipinski definition) is 0. The van der Waals surface area contributed by atoms with Gasteiger partial charge in [0.15, 0.2) is 0 Å². The third-order valence-electron chi connectivity index (χ3n) is 4.50. The lowest BCUT2D eigenvalue weighted by molar-refractivity contribution is 0.908. The maximum atomic E-state index is 3.31. The summed E-state index contributed by atoms with van der Waals surface area (Å²) in [5.41, 5.74) is 7.68. The van der Waals surface area contributed by atoms with Crippen molar-refractivity contribution in [3.8, 4) is 11.8 Å². The lowest BCUT2D eigenvalue weighted by Crippen LogP contribution is -1.89. The Hall–Kier alpha value is -2.00. The summed E-state index contributed by atoms with van der Waals surface area (Å²) in [6, 6.07) is 13.1. The van der Waals surface area contributed by atoms with Crippen LogP contribution in [-0.4, -0.2) is 0 Å². The molecule has 0 saturated heterocycles. The van der Waals surface area contributed by atoms with Crippen molar-refractivity contribution in [1.82, 2.24) is 0 Å². The molecule has 106 valence electrons. The summed E-state index contributed by atoms with van der Waals surface area (Å²) in [4.78, 5) is 0. The molecular weight excluding hydrogens is 252 g/mol. The van der Waals surface area contributed by atoms with Crippen LogP contribution in [0.5, 0.6) is 0 Å². The smallest absolute Gasteiger partial charge is 0.0278 e. The molecule has 21 heavy (non-hydrogen) atoms. The molecular formula is C21H22. The van der Waals surface area contributed by atoms with Crippen LogP contribution in [0, 0.1) is 38.5 Å². The molecule has 1 fully saturated rings. The Morgan fingerprint density at radius 3 is 2.29 bits per heavy atom. The zero-order chi connectivity index (χ0) is 15.0.